The van der Waals surface area contributed by atoms with Crippen LogP contribution in [0.1, 0.15) is 18.6 Å². The number of amides is 1. The molecule has 1 aromatic rings. The van der Waals surface area contributed by atoms with E-state index in [-0.39, 0.29) is 12.2 Å². The zero-order valence-electron chi connectivity index (χ0n) is 10.3. The van der Waals surface area contributed by atoms with Crippen molar-refractivity contribution in [2.24, 2.45) is 11.8 Å². The lowest BCUT2D eigenvalue weighted by Gasteiger charge is -2.19. The Hall–Kier alpha value is -1.55. The molecule has 0 spiro atoms. The van der Waals surface area contributed by atoms with E-state index in [0.717, 1.165) is 0 Å². The molecule has 18 heavy (non-hydrogen) atoms. The van der Waals surface area contributed by atoms with Gasteiger partial charge >= 0.3 is 6.09 Å². The molecular weight excluding hydrogens is 230 g/mol. The van der Waals surface area contributed by atoms with Gasteiger partial charge in [0, 0.05) is 24.9 Å². The summed E-state index contributed by atoms with van der Waals surface area (Å²) in [5, 5.41) is 8.88. The van der Waals surface area contributed by atoms with E-state index in [1.54, 1.807) is 0 Å². The number of carboxylic acid groups (broad SMARTS) is 1. The Morgan fingerprint density at radius 3 is 2.50 bits per heavy atom. The maximum Gasteiger partial charge on any atom is 0.407 e. The van der Waals surface area contributed by atoms with Gasteiger partial charge in [0.1, 0.15) is 0 Å². The molecule has 96 valence electrons. The van der Waals surface area contributed by atoms with Gasteiger partial charge in [0.05, 0.1) is 12.2 Å². The first-order valence-corrected chi connectivity index (χ1v) is 6.35. The van der Waals surface area contributed by atoms with Gasteiger partial charge in [-0.3, -0.25) is 0 Å². The molecule has 1 aromatic carbocycles. The Morgan fingerprint density at radius 1 is 1.33 bits per heavy atom. The van der Waals surface area contributed by atoms with Crippen LogP contribution in [0.3, 0.4) is 0 Å². The topological polar surface area (TPSA) is 49.8 Å². The minimum absolute atomic E-state index is 0.0834. The van der Waals surface area contributed by atoms with Crippen LogP contribution >= 0.6 is 0 Å². The van der Waals surface area contributed by atoms with Crippen LogP contribution in [-0.4, -0.2) is 35.3 Å². The lowest BCUT2D eigenvalue weighted by atomic mass is 10.1. The van der Waals surface area contributed by atoms with Crippen molar-refractivity contribution in [3.63, 3.8) is 0 Å². The molecule has 2 fully saturated rings. The molecule has 1 amide bonds. The third-order valence-corrected chi connectivity index (χ3v) is 4.02. The largest absolute Gasteiger partial charge is 0.465 e. The van der Waals surface area contributed by atoms with Gasteiger partial charge in [0.25, 0.3) is 0 Å². The van der Waals surface area contributed by atoms with Gasteiger partial charge < -0.3 is 14.7 Å². The summed E-state index contributed by atoms with van der Waals surface area (Å²) in [5.74, 6) is 0.819. The van der Waals surface area contributed by atoms with Crippen molar-refractivity contribution < 1.29 is 14.6 Å². The average Bonchev–Trinajstić information content (AvgIpc) is 2.84. The van der Waals surface area contributed by atoms with Crippen molar-refractivity contribution in [3.8, 4) is 0 Å². The van der Waals surface area contributed by atoms with E-state index in [4.69, 9.17) is 9.84 Å². The van der Waals surface area contributed by atoms with E-state index in [0.29, 0.717) is 24.9 Å². The van der Waals surface area contributed by atoms with Crippen LogP contribution in [0, 0.1) is 11.8 Å². The zero-order chi connectivity index (χ0) is 12.7. The monoisotopic (exact) mass is 247 g/mol. The number of hydrogen-bond donors (Lipinski definition) is 1. The number of nitrogens with zero attached hydrogens (tertiary/aromatic N) is 1. The van der Waals surface area contributed by atoms with Gasteiger partial charge in [-0.15, -0.1) is 0 Å². The van der Waals surface area contributed by atoms with Crippen molar-refractivity contribution in [3.05, 3.63) is 35.9 Å². The summed E-state index contributed by atoms with van der Waals surface area (Å²) in [7, 11) is 0. The standard InChI is InChI=1S/C14H17NO3/c1-9(10-5-3-2-4-6-10)18-13-11-7-15(14(16)17)8-12(11)13/h2-6,9,11-13H,7-8H2,1H3,(H,16,17)/t9?,11-,12?,13-/m1/s1. The van der Waals surface area contributed by atoms with Gasteiger partial charge in [0.15, 0.2) is 0 Å². The number of benzene rings is 1. The number of ether oxygens (including phenoxy) is 1. The number of likely N-dealkylation sites (tertiary alicyclic amines) is 1. The predicted octanol–water partition coefficient (Wildman–Crippen LogP) is 2.37. The Kier molecular flexibility index (Phi) is 2.74. The molecule has 1 heterocycles. The van der Waals surface area contributed by atoms with E-state index in [1.165, 1.54) is 10.5 Å². The van der Waals surface area contributed by atoms with Crippen LogP contribution in [0.15, 0.2) is 30.3 Å². The van der Waals surface area contributed by atoms with Crippen molar-refractivity contribution in [1.82, 2.24) is 4.90 Å². The number of carbonyl (C=O) groups is 1. The fourth-order valence-electron chi connectivity index (χ4n) is 2.87. The first kappa shape index (κ1) is 11.5. The second kappa shape index (κ2) is 4.28. The number of rotatable bonds is 3. The first-order valence-electron chi connectivity index (χ1n) is 6.35. The highest BCUT2D eigenvalue weighted by Gasteiger charge is 2.58. The van der Waals surface area contributed by atoms with Gasteiger partial charge in [-0.2, -0.15) is 0 Å². The van der Waals surface area contributed by atoms with Crippen molar-refractivity contribution in [2.45, 2.75) is 19.1 Å². The zero-order valence-corrected chi connectivity index (χ0v) is 10.3. The molecule has 2 unspecified atom stereocenters. The van der Waals surface area contributed by atoms with Crippen LogP contribution in [0.4, 0.5) is 4.79 Å². The second-order valence-electron chi connectivity index (χ2n) is 5.17. The molecule has 0 bridgehead atoms. The molecule has 1 saturated carbocycles. The van der Waals surface area contributed by atoms with Crippen LogP contribution < -0.4 is 0 Å². The SMILES string of the molecule is CC(O[C@H]1C2CN(C(=O)O)C[C@H]21)c1ccccc1. The molecule has 4 nitrogen and oxygen atoms in total. The molecule has 1 N–H and O–H groups in total. The van der Waals surface area contributed by atoms with E-state index >= 15 is 0 Å². The molecule has 1 saturated heterocycles. The smallest absolute Gasteiger partial charge is 0.407 e. The fraction of sp³-hybridized carbons (Fsp3) is 0.500. The summed E-state index contributed by atoms with van der Waals surface area (Å²) in [6.45, 7) is 3.32. The second-order valence-corrected chi connectivity index (χ2v) is 5.17. The third-order valence-electron chi connectivity index (χ3n) is 4.02. The van der Waals surface area contributed by atoms with Gasteiger partial charge in [-0.1, -0.05) is 30.3 Å². The summed E-state index contributed by atoms with van der Waals surface area (Å²) >= 11 is 0. The molecule has 1 aliphatic heterocycles. The Bertz CT molecular complexity index is 436. The fourth-order valence-corrected chi connectivity index (χ4v) is 2.87. The number of piperidine rings is 1. The highest BCUT2D eigenvalue weighted by molar-refractivity contribution is 5.65. The highest BCUT2D eigenvalue weighted by atomic mass is 16.5. The van der Waals surface area contributed by atoms with Crippen molar-refractivity contribution in [2.75, 3.05) is 13.1 Å². The molecule has 3 rings (SSSR count). The van der Waals surface area contributed by atoms with E-state index in [1.807, 2.05) is 18.2 Å². The molecule has 2 aliphatic rings. The van der Waals surface area contributed by atoms with Crippen LogP contribution in [-0.2, 0) is 4.74 Å². The van der Waals surface area contributed by atoms with Gasteiger partial charge in [-0.05, 0) is 12.5 Å². The number of hydrogen-bond acceptors (Lipinski definition) is 2. The van der Waals surface area contributed by atoms with Gasteiger partial charge in [0.2, 0.25) is 0 Å². The minimum Gasteiger partial charge on any atom is -0.465 e. The molecule has 0 radical (unpaired) electrons. The molecule has 0 aromatic heterocycles. The lowest BCUT2D eigenvalue weighted by Crippen LogP contribution is -2.31. The molecule has 4 heteroatoms. The Morgan fingerprint density at radius 2 is 1.94 bits per heavy atom. The maximum atomic E-state index is 10.8. The first-order chi connectivity index (χ1) is 8.66. The summed E-state index contributed by atoms with van der Waals surface area (Å²) in [4.78, 5) is 12.3. The summed E-state index contributed by atoms with van der Waals surface area (Å²) < 4.78 is 6.02. The summed E-state index contributed by atoms with van der Waals surface area (Å²) in [6.07, 6.45) is -0.479. The molecule has 1 aliphatic carbocycles. The van der Waals surface area contributed by atoms with Gasteiger partial charge in [-0.25, -0.2) is 4.79 Å². The van der Waals surface area contributed by atoms with E-state index in [9.17, 15) is 4.79 Å². The molecular formula is C14H17NO3. The average molecular weight is 247 g/mol. The highest BCUT2D eigenvalue weighted by Crippen LogP contribution is 2.49. The normalized spacial score (nSPS) is 30.9. The number of fused-ring (bicyclic) bond motifs is 1. The predicted molar refractivity (Wildman–Crippen MR) is 66.3 cm³/mol. The summed E-state index contributed by atoms with van der Waals surface area (Å²) in [6, 6.07) is 10.1. The third kappa shape index (κ3) is 1.97. The molecule has 4 atom stereocenters. The van der Waals surface area contributed by atoms with Crippen molar-refractivity contribution >= 4 is 6.09 Å². The van der Waals surface area contributed by atoms with E-state index in [2.05, 4.69) is 19.1 Å². The quantitative estimate of drug-likeness (QED) is 0.892. The van der Waals surface area contributed by atoms with Crippen LogP contribution in [0.25, 0.3) is 0 Å². The van der Waals surface area contributed by atoms with Crippen LogP contribution in [0.2, 0.25) is 0 Å². The van der Waals surface area contributed by atoms with Crippen LogP contribution in [0.5, 0.6) is 0 Å². The Labute approximate surface area is 106 Å². The minimum atomic E-state index is -0.808. The van der Waals surface area contributed by atoms with Crippen molar-refractivity contribution in [1.29, 1.82) is 0 Å². The Balaban J connectivity index is 1.54. The lowest BCUT2D eigenvalue weighted by molar-refractivity contribution is 0.0253. The summed E-state index contributed by atoms with van der Waals surface area (Å²) in [5.41, 5.74) is 1.18. The maximum absolute atomic E-state index is 10.8. The van der Waals surface area contributed by atoms with E-state index < -0.39 is 6.09 Å².